The molecule has 1 aromatic rings. The predicted octanol–water partition coefficient (Wildman–Crippen LogP) is 3.48. The summed E-state index contributed by atoms with van der Waals surface area (Å²) in [6.07, 6.45) is 0.0935. The third-order valence-corrected chi connectivity index (χ3v) is 2.78. The van der Waals surface area contributed by atoms with Gasteiger partial charge in [0.15, 0.2) is 5.78 Å². The molecular weight excluding hydrogens is 200 g/mol. The van der Waals surface area contributed by atoms with Crippen molar-refractivity contribution in [2.24, 2.45) is 0 Å². The molecule has 0 saturated carbocycles. The molecule has 0 aliphatic rings. The average Bonchev–Trinajstić information content (AvgIpc) is 2.30. The molecule has 16 heavy (non-hydrogen) atoms. The van der Waals surface area contributed by atoms with Crippen LogP contribution in [-0.2, 0) is 9.53 Å². The minimum atomic E-state index is -0.411. The quantitative estimate of drug-likeness (QED) is 0.759. The molecule has 1 aromatic carbocycles. The number of methoxy groups -OCH3 is 1. The molecular formula is C14H20O2. The molecule has 0 aliphatic heterocycles. The van der Waals surface area contributed by atoms with Crippen LogP contribution in [0, 0.1) is 0 Å². The number of ether oxygens (including phenoxy) is 1. The van der Waals surface area contributed by atoms with E-state index in [1.165, 1.54) is 5.56 Å². The van der Waals surface area contributed by atoms with Gasteiger partial charge in [0, 0.05) is 13.5 Å². The van der Waals surface area contributed by atoms with E-state index >= 15 is 0 Å². The fourth-order valence-electron chi connectivity index (χ4n) is 1.69. The highest BCUT2D eigenvalue weighted by atomic mass is 16.5. The molecule has 0 bridgehead atoms. The standard InChI is InChI=1S/C14H20O2/c1-5-13(15)14(16-4)12-8-6-11(7-9-12)10(2)3/h6-10,14H,5H2,1-4H3. The molecule has 0 radical (unpaired) electrons. The molecule has 0 fully saturated rings. The topological polar surface area (TPSA) is 26.3 Å². The van der Waals surface area contributed by atoms with Crippen LogP contribution >= 0.6 is 0 Å². The molecule has 88 valence electrons. The number of rotatable bonds is 5. The highest BCUT2D eigenvalue weighted by Crippen LogP contribution is 2.22. The number of Topliss-reactive ketones (excluding diaryl/α,β-unsaturated/α-hetero) is 1. The first kappa shape index (κ1) is 12.9. The van der Waals surface area contributed by atoms with Crippen LogP contribution < -0.4 is 0 Å². The molecule has 0 N–H and O–H groups in total. The van der Waals surface area contributed by atoms with E-state index in [1.54, 1.807) is 7.11 Å². The highest BCUT2D eigenvalue weighted by Gasteiger charge is 2.17. The van der Waals surface area contributed by atoms with Crippen molar-refractivity contribution in [2.75, 3.05) is 7.11 Å². The molecule has 0 spiro atoms. The first-order valence-electron chi connectivity index (χ1n) is 5.75. The summed E-state index contributed by atoms with van der Waals surface area (Å²) in [6.45, 7) is 6.16. The minimum Gasteiger partial charge on any atom is -0.369 e. The van der Waals surface area contributed by atoms with Gasteiger partial charge in [-0.1, -0.05) is 45.0 Å². The van der Waals surface area contributed by atoms with E-state index in [2.05, 4.69) is 26.0 Å². The highest BCUT2D eigenvalue weighted by molar-refractivity contribution is 5.84. The van der Waals surface area contributed by atoms with Crippen molar-refractivity contribution in [2.45, 2.75) is 39.2 Å². The van der Waals surface area contributed by atoms with Crippen molar-refractivity contribution in [3.05, 3.63) is 35.4 Å². The summed E-state index contributed by atoms with van der Waals surface area (Å²) in [5.74, 6) is 0.636. The molecule has 0 saturated heterocycles. The lowest BCUT2D eigenvalue weighted by Gasteiger charge is -2.14. The fourth-order valence-corrected chi connectivity index (χ4v) is 1.69. The van der Waals surface area contributed by atoms with Crippen molar-refractivity contribution in [1.29, 1.82) is 0 Å². The molecule has 0 aromatic heterocycles. The van der Waals surface area contributed by atoms with Crippen LogP contribution in [-0.4, -0.2) is 12.9 Å². The lowest BCUT2D eigenvalue weighted by molar-refractivity contribution is -0.128. The van der Waals surface area contributed by atoms with Crippen molar-refractivity contribution >= 4 is 5.78 Å². The van der Waals surface area contributed by atoms with Gasteiger partial charge >= 0.3 is 0 Å². The molecule has 0 aliphatic carbocycles. The van der Waals surface area contributed by atoms with E-state index < -0.39 is 6.10 Å². The van der Waals surface area contributed by atoms with Crippen LogP contribution in [0.1, 0.15) is 50.3 Å². The van der Waals surface area contributed by atoms with Gasteiger partial charge in [0.05, 0.1) is 0 Å². The third kappa shape index (κ3) is 2.92. The van der Waals surface area contributed by atoms with Crippen LogP contribution in [0.3, 0.4) is 0 Å². The van der Waals surface area contributed by atoms with E-state index in [-0.39, 0.29) is 5.78 Å². The Morgan fingerprint density at radius 1 is 1.19 bits per heavy atom. The van der Waals surface area contributed by atoms with E-state index in [0.29, 0.717) is 12.3 Å². The number of carbonyl (C=O) groups is 1. The summed E-state index contributed by atoms with van der Waals surface area (Å²) < 4.78 is 5.24. The van der Waals surface area contributed by atoms with E-state index in [1.807, 2.05) is 19.1 Å². The number of carbonyl (C=O) groups excluding carboxylic acids is 1. The molecule has 0 heterocycles. The van der Waals surface area contributed by atoms with E-state index in [0.717, 1.165) is 5.56 Å². The number of hydrogen-bond donors (Lipinski definition) is 0. The summed E-state index contributed by atoms with van der Waals surface area (Å²) in [4.78, 5) is 11.6. The zero-order valence-electron chi connectivity index (χ0n) is 10.5. The maximum absolute atomic E-state index is 11.6. The second-order valence-electron chi connectivity index (χ2n) is 4.26. The second-order valence-corrected chi connectivity index (χ2v) is 4.26. The van der Waals surface area contributed by atoms with E-state index in [9.17, 15) is 4.79 Å². The van der Waals surface area contributed by atoms with Gasteiger partial charge in [-0.2, -0.15) is 0 Å². The van der Waals surface area contributed by atoms with Crippen LogP contribution in [0.15, 0.2) is 24.3 Å². The maximum Gasteiger partial charge on any atom is 0.165 e. The Morgan fingerprint density at radius 2 is 1.69 bits per heavy atom. The van der Waals surface area contributed by atoms with Crippen LogP contribution in [0.25, 0.3) is 0 Å². The summed E-state index contributed by atoms with van der Waals surface area (Å²) >= 11 is 0. The summed E-state index contributed by atoms with van der Waals surface area (Å²) in [5.41, 5.74) is 2.22. The smallest absolute Gasteiger partial charge is 0.165 e. The van der Waals surface area contributed by atoms with Gasteiger partial charge in [-0.15, -0.1) is 0 Å². The Bertz CT molecular complexity index is 338. The van der Waals surface area contributed by atoms with Crippen molar-refractivity contribution < 1.29 is 9.53 Å². The monoisotopic (exact) mass is 220 g/mol. The molecule has 0 amide bonds. The van der Waals surface area contributed by atoms with Gasteiger partial charge in [-0.05, 0) is 17.0 Å². The van der Waals surface area contributed by atoms with Gasteiger partial charge in [-0.25, -0.2) is 0 Å². The van der Waals surface area contributed by atoms with Crippen LogP contribution in [0.5, 0.6) is 0 Å². The third-order valence-electron chi connectivity index (χ3n) is 2.78. The SMILES string of the molecule is CCC(=O)C(OC)c1ccc(C(C)C)cc1. The van der Waals surface area contributed by atoms with Gasteiger partial charge in [0.1, 0.15) is 6.10 Å². The Hall–Kier alpha value is -1.15. The molecule has 2 nitrogen and oxygen atoms in total. The van der Waals surface area contributed by atoms with Gasteiger partial charge in [-0.3, -0.25) is 4.79 Å². The summed E-state index contributed by atoms with van der Waals surface area (Å²) in [7, 11) is 1.58. The lowest BCUT2D eigenvalue weighted by Crippen LogP contribution is -2.13. The zero-order valence-corrected chi connectivity index (χ0v) is 10.5. The van der Waals surface area contributed by atoms with Crippen LogP contribution in [0.2, 0.25) is 0 Å². The fraction of sp³-hybridized carbons (Fsp3) is 0.500. The first-order chi connectivity index (χ1) is 7.60. The Morgan fingerprint density at radius 3 is 2.06 bits per heavy atom. The van der Waals surface area contributed by atoms with Crippen molar-refractivity contribution in [1.82, 2.24) is 0 Å². The summed E-state index contributed by atoms with van der Waals surface area (Å²) in [6, 6.07) is 8.10. The van der Waals surface area contributed by atoms with Crippen molar-refractivity contribution in [3.63, 3.8) is 0 Å². The number of hydrogen-bond acceptors (Lipinski definition) is 2. The van der Waals surface area contributed by atoms with Gasteiger partial charge < -0.3 is 4.74 Å². The first-order valence-corrected chi connectivity index (χ1v) is 5.75. The van der Waals surface area contributed by atoms with E-state index in [4.69, 9.17) is 4.74 Å². The van der Waals surface area contributed by atoms with Crippen LogP contribution in [0.4, 0.5) is 0 Å². The van der Waals surface area contributed by atoms with Gasteiger partial charge in [0.25, 0.3) is 0 Å². The molecule has 1 rings (SSSR count). The summed E-state index contributed by atoms with van der Waals surface area (Å²) in [5, 5.41) is 0. The Balaban J connectivity index is 2.90. The normalized spacial score (nSPS) is 12.8. The minimum absolute atomic E-state index is 0.125. The lowest BCUT2D eigenvalue weighted by atomic mass is 9.98. The Kier molecular flexibility index (Phi) is 4.69. The zero-order chi connectivity index (χ0) is 12.1. The Labute approximate surface area is 97.6 Å². The van der Waals surface area contributed by atoms with Crippen molar-refractivity contribution in [3.8, 4) is 0 Å². The number of benzene rings is 1. The maximum atomic E-state index is 11.6. The van der Waals surface area contributed by atoms with Gasteiger partial charge in [0.2, 0.25) is 0 Å². The number of ketones is 1. The predicted molar refractivity (Wildman–Crippen MR) is 65.6 cm³/mol. The largest absolute Gasteiger partial charge is 0.369 e. The molecule has 1 atom stereocenters. The molecule has 1 unspecified atom stereocenters. The second kappa shape index (κ2) is 5.80. The average molecular weight is 220 g/mol. The molecule has 2 heteroatoms.